The zero-order valence-corrected chi connectivity index (χ0v) is 10.1. The van der Waals surface area contributed by atoms with E-state index in [-0.39, 0.29) is 5.56 Å². The Morgan fingerprint density at radius 3 is 2.56 bits per heavy atom. The van der Waals surface area contributed by atoms with Crippen LogP contribution in [-0.4, -0.2) is 5.91 Å². The smallest absolute Gasteiger partial charge is 0.251 e. The van der Waals surface area contributed by atoms with Gasteiger partial charge in [-0.3, -0.25) is 4.79 Å². The van der Waals surface area contributed by atoms with Gasteiger partial charge in [0.05, 0.1) is 0 Å². The first-order valence-corrected chi connectivity index (χ1v) is 6.06. The molecular weight excluding hydrogens is 258 g/mol. The highest BCUT2D eigenvalue weighted by molar-refractivity contribution is 7.07. The first-order valence-electron chi connectivity index (χ1n) is 5.11. The van der Waals surface area contributed by atoms with Crippen LogP contribution in [0.3, 0.4) is 0 Å². The number of nitrogens with two attached hydrogens (primary N) is 1. The lowest BCUT2D eigenvalue weighted by molar-refractivity contribution is 0.0950. The van der Waals surface area contributed by atoms with Crippen LogP contribution in [0.2, 0.25) is 0 Å². The van der Waals surface area contributed by atoms with Crippen molar-refractivity contribution in [3.8, 4) is 0 Å². The number of carbonyl (C=O) groups excluding carboxylic acids is 1. The highest BCUT2D eigenvalue weighted by atomic mass is 32.1. The fraction of sp³-hybridized carbons (Fsp3) is 0.0833. The summed E-state index contributed by atoms with van der Waals surface area (Å²) >= 11 is 1.51. The molecular formula is C12H10F2N2OS. The number of nitrogens with one attached hydrogen (secondary N) is 1. The standard InChI is InChI=1S/C12H10F2N2OS/c13-9-3-8(4-10(14)11(9)15)12(17)16-5-7-1-2-18-6-7/h1-4,6H,5,15H2,(H,16,17). The molecule has 94 valence electrons. The summed E-state index contributed by atoms with van der Waals surface area (Å²) in [6.07, 6.45) is 0. The molecule has 0 bridgehead atoms. The van der Waals surface area contributed by atoms with Crippen LogP contribution in [0.25, 0.3) is 0 Å². The van der Waals surface area contributed by atoms with Crippen molar-refractivity contribution in [3.63, 3.8) is 0 Å². The molecule has 0 aliphatic rings. The Bertz CT molecular complexity index is 546. The minimum atomic E-state index is -0.935. The second-order valence-electron chi connectivity index (χ2n) is 3.67. The first-order chi connectivity index (χ1) is 8.58. The zero-order valence-electron chi connectivity index (χ0n) is 9.24. The maximum absolute atomic E-state index is 13.2. The van der Waals surface area contributed by atoms with Crippen LogP contribution in [0.4, 0.5) is 14.5 Å². The molecule has 1 aromatic carbocycles. The van der Waals surface area contributed by atoms with Crippen LogP contribution in [0.1, 0.15) is 15.9 Å². The number of amides is 1. The molecule has 1 heterocycles. The van der Waals surface area contributed by atoms with Crippen LogP contribution in [-0.2, 0) is 6.54 Å². The molecule has 18 heavy (non-hydrogen) atoms. The van der Waals surface area contributed by atoms with E-state index in [0.29, 0.717) is 6.54 Å². The van der Waals surface area contributed by atoms with Gasteiger partial charge in [-0.05, 0) is 34.5 Å². The summed E-state index contributed by atoms with van der Waals surface area (Å²) in [7, 11) is 0. The Balaban J connectivity index is 2.09. The van der Waals surface area contributed by atoms with Gasteiger partial charge in [0.1, 0.15) is 17.3 Å². The van der Waals surface area contributed by atoms with E-state index >= 15 is 0 Å². The molecule has 0 aliphatic heterocycles. The number of benzene rings is 1. The van der Waals surface area contributed by atoms with Gasteiger partial charge >= 0.3 is 0 Å². The van der Waals surface area contributed by atoms with E-state index in [4.69, 9.17) is 5.73 Å². The molecule has 0 spiro atoms. The van der Waals surface area contributed by atoms with Gasteiger partial charge in [0, 0.05) is 12.1 Å². The lowest BCUT2D eigenvalue weighted by Gasteiger charge is -2.06. The quantitative estimate of drug-likeness (QED) is 0.840. The Morgan fingerprint density at radius 2 is 2.00 bits per heavy atom. The maximum atomic E-state index is 13.2. The van der Waals surface area contributed by atoms with Crippen molar-refractivity contribution in [3.05, 3.63) is 51.7 Å². The van der Waals surface area contributed by atoms with E-state index in [1.54, 1.807) is 0 Å². The van der Waals surface area contributed by atoms with Crippen LogP contribution in [0.5, 0.6) is 0 Å². The fourth-order valence-electron chi connectivity index (χ4n) is 1.39. The molecule has 0 unspecified atom stereocenters. The van der Waals surface area contributed by atoms with E-state index in [0.717, 1.165) is 17.7 Å². The summed E-state index contributed by atoms with van der Waals surface area (Å²) in [6.45, 7) is 0.315. The van der Waals surface area contributed by atoms with Crippen LogP contribution in [0.15, 0.2) is 29.0 Å². The van der Waals surface area contributed by atoms with E-state index in [1.165, 1.54) is 11.3 Å². The second kappa shape index (κ2) is 5.14. The van der Waals surface area contributed by atoms with E-state index in [9.17, 15) is 13.6 Å². The Hall–Kier alpha value is -1.95. The van der Waals surface area contributed by atoms with Crippen LogP contribution >= 0.6 is 11.3 Å². The number of anilines is 1. The third-order valence-electron chi connectivity index (χ3n) is 2.37. The minimum Gasteiger partial charge on any atom is -0.394 e. The van der Waals surface area contributed by atoms with Gasteiger partial charge in [0.2, 0.25) is 0 Å². The highest BCUT2D eigenvalue weighted by Gasteiger charge is 2.12. The van der Waals surface area contributed by atoms with E-state index < -0.39 is 23.2 Å². The molecule has 0 saturated carbocycles. The summed E-state index contributed by atoms with van der Waals surface area (Å²) in [6, 6.07) is 3.69. The van der Waals surface area contributed by atoms with Crippen molar-refractivity contribution < 1.29 is 13.6 Å². The summed E-state index contributed by atoms with van der Waals surface area (Å²) in [4.78, 5) is 11.7. The van der Waals surface area contributed by atoms with Crippen LogP contribution in [0, 0.1) is 11.6 Å². The van der Waals surface area contributed by atoms with E-state index in [2.05, 4.69) is 5.32 Å². The number of thiophene rings is 1. The maximum Gasteiger partial charge on any atom is 0.251 e. The molecule has 0 fully saturated rings. The Morgan fingerprint density at radius 1 is 1.33 bits per heavy atom. The van der Waals surface area contributed by atoms with Gasteiger partial charge in [-0.2, -0.15) is 11.3 Å². The number of carbonyl (C=O) groups is 1. The van der Waals surface area contributed by atoms with Crippen molar-refractivity contribution in [2.24, 2.45) is 0 Å². The largest absolute Gasteiger partial charge is 0.394 e. The average Bonchev–Trinajstić information content (AvgIpc) is 2.85. The summed E-state index contributed by atoms with van der Waals surface area (Å²) < 4.78 is 26.3. The van der Waals surface area contributed by atoms with Gasteiger partial charge in [-0.15, -0.1) is 0 Å². The van der Waals surface area contributed by atoms with Gasteiger partial charge in [0.25, 0.3) is 5.91 Å². The van der Waals surface area contributed by atoms with Crippen LogP contribution < -0.4 is 11.1 Å². The molecule has 0 radical (unpaired) electrons. The van der Waals surface area contributed by atoms with Crippen molar-refractivity contribution in [1.29, 1.82) is 0 Å². The topological polar surface area (TPSA) is 55.1 Å². The monoisotopic (exact) mass is 268 g/mol. The Kier molecular flexibility index (Phi) is 3.57. The minimum absolute atomic E-state index is 0.0885. The predicted octanol–water partition coefficient (Wildman–Crippen LogP) is 2.54. The number of hydrogen-bond acceptors (Lipinski definition) is 3. The average molecular weight is 268 g/mol. The van der Waals surface area contributed by atoms with Crippen molar-refractivity contribution in [2.45, 2.75) is 6.54 Å². The summed E-state index contributed by atoms with van der Waals surface area (Å²) in [5.41, 5.74) is 5.39. The first kappa shape index (κ1) is 12.5. The molecule has 0 atom stereocenters. The summed E-state index contributed by atoms with van der Waals surface area (Å²) in [5, 5.41) is 6.33. The van der Waals surface area contributed by atoms with Gasteiger partial charge in [0.15, 0.2) is 0 Å². The molecule has 2 aromatic rings. The molecule has 1 amide bonds. The number of rotatable bonds is 3. The van der Waals surface area contributed by atoms with E-state index in [1.807, 2.05) is 16.8 Å². The van der Waals surface area contributed by atoms with Gasteiger partial charge < -0.3 is 11.1 Å². The van der Waals surface area contributed by atoms with Gasteiger partial charge in [-0.25, -0.2) is 8.78 Å². The third-order valence-corrected chi connectivity index (χ3v) is 3.11. The van der Waals surface area contributed by atoms with Crippen molar-refractivity contribution in [1.82, 2.24) is 5.32 Å². The lowest BCUT2D eigenvalue weighted by atomic mass is 10.1. The number of hydrogen-bond donors (Lipinski definition) is 2. The van der Waals surface area contributed by atoms with Crippen molar-refractivity contribution >= 4 is 22.9 Å². The molecule has 0 aliphatic carbocycles. The van der Waals surface area contributed by atoms with Gasteiger partial charge in [-0.1, -0.05) is 0 Å². The molecule has 3 N–H and O–H groups in total. The second-order valence-corrected chi connectivity index (χ2v) is 4.45. The third kappa shape index (κ3) is 2.65. The SMILES string of the molecule is Nc1c(F)cc(C(=O)NCc2ccsc2)cc1F. The molecule has 3 nitrogen and oxygen atoms in total. The zero-order chi connectivity index (χ0) is 13.1. The number of halogens is 2. The van der Waals surface area contributed by atoms with Crippen molar-refractivity contribution in [2.75, 3.05) is 5.73 Å². The molecule has 1 aromatic heterocycles. The highest BCUT2D eigenvalue weighted by Crippen LogP contribution is 2.17. The lowest BCUT2D eigenvalue weighted by Crippen LogP contribution is -2.23. The fourth-order valence-corrected chi connectivity index (χ4v) is 2.06. The Labute approximate surface area is 106 Å². The number of nitrogen functional groups attached to an aromatic ring is 1. The summed E-state index contributed by atoms with van der Waals surface area (Å²) in [5.74, 6) is -2.41. The normalized spacial score (nSPS) is 10.3. The molecule has 6 heteroatoms. The predicted molar refractivity (Wildman–Crippen MR) is 66.3 cm³/mol. The molecule has 0 saturated heterocycles. The molecule has 2 rings (SSSR count).